The lowest BCUT2D eigenvalue weighted by Crippen LogP contribution is -2.41. The second-order valence-corrected chi connectivity index (χ2v) is 6.23. The van der Waals surface area contributed by atoms with Gasteiger partial charge in [-0.05, 0) is 0 Å². The van der Waals surface area contributed by atoms with Crippen LogP contribution in [0.25, 0.3) is 0 Å². The van der Waals surface area contributed by atoms with E-state index in [0.717, 1.165) is 13.1 Å². The van der Waals surface area contributed by atoms with Gasteiger partial charge in [0.25, 0.3) is 0 Å². The molecule has 1 fully saturated rings. The highest BCUT2D eigenvalue weighted by Gasteiger charge is 2.30. The molecule has 2 N–H and O–H groups in total. The Labute approximate surface area is 109 Å². The highest BCUT2D eigenvalue weighted by Crippen LogP contribution is 2.34. The third-order valence-corrected chi connectivity index (χ3v) is 3.96. The van der Waals surface area contributed by atoms with Gasteiger partial charge in [0.2, 0.25) is 11.6 Å². The molecule has 18 heavy (non-hydrogen) atoms. The number of nitrogens with zero attached hydrogens (tertiary/aromatic N) is 4. The first-order chi connectivity index (χ1) is 8.49. The van der Waals surface area contributed by atoms with Crippen molar-refractivity contribution < 1.29 is 4.92 Å². The van der Waals surface area contributed by atoms with E-state index in [2.05, 4.69) is 23.8 Å². The largest absolute Gasteiger partial charge is 0.378 e. The third kappa shape index (κ3) is 2.47. The van der Waals surface area contributed by atoms with Crippen LogP contribution in [0.3, 0.4) is 0 Å². The van der Waals surface area contributed by atoms with Gasteiger partial charge in [0.15, 0.2) is 0 Å². The average molecular weight is 269 g/mol. The van der Waals surface area contributed by atoms with Crippen LogP contribution in [0.4, 0.5) is 17.3 Å². The van der Waals surface area contributed by atoms with Crippen LogP contribution >= 0.6 is 11.8 Å². The van der Waals surface area contributed by atoms with Crippen molar-refractivity contribution in [2.75, 3.05) is 23.7 Å². The summed E-state index contributed by atoms with van der Waals surface area (Å²) in [6.45, 7) is 5.66. The molecule has 8 heteroatoms. The maximum atomic E-state index is 11.1. The van der Waals surface area contributed by atoms with Crippen LogP contribution in [-0.2, 0) is 0 Å². The number of nitrogens with two attached hydrogens (primary N) is 1. The number of nitrogen functional groups attached to an aromatic ring is 1. The van der Waals surface area contributed by atoms with Gasteiger partial charge in [0.1, 0.15) is 6.33 Å². The summed E-state index contributed by atoms with van der Waals surface area (Å²) in [4.78, 5) is 20.2. The number of aromatic nitrogens is 2. The summed E-state index contributed by atoms with van der Waals surface area (Å²) in [5.74, 6) is 0.245. The summed E-state index contributed by atoms with van der Waals surface area (Å²) in [5, 5.41) is 11.9. The van der Waals surface area contributed by atoms with Crippen molar-refractivity contribution in [2.24, 2.45) is 0 Å². The van der Waals surface area contributed by atoms with Crippen molar-refractivity contribution >= 4 is 29.1 Å². The molecule has 0 aliphatic carbocycles. The topological polar surface area (TPSA) is 98.2 Å². The van der Waals surface area contributed by atoms with Gasteiger partial charge in [-0.2, -0.15) is 11.8 Å². The average Bonchev–Trinajstić information content (AvgIpc) is 2.26. The minimum absolute atomic E-state index is 0.0801. The zero-order valence-corrected chi connectivity index (χ0v) is 11.1. The summed E-state index contributed by atoms with van der Waals surface area (Å²) >= 11 is 1.87. The van der Waals surface area contributed by atoms with Crippen molar-refractivity contribution in [1.82, 2.24) is 9.97 Å². The summed E-state index contributed by atoms with van der Waals surface area (Å²) in [7, 11) is 0. The highest BCUT2D eigenvalue weighted by atomic mass is 32.2. The van der Waals surface area contributed by atoms with Crippen LogP contribution < -0.4 is 10.6 Å². The Kier molecular flexibility index (Phi) is 3.55. The van der Waals surface area contributed by atoms with Crippen molar-refractivity contribution in [2.45, 2.75) is 24.3 Å². The number of hydrogen-bond acceptors (Lipinski definition) is 7. The van der Waals surface area contributed by atoms with E-state index in [1.807, 2.05) is 16.7 Å². The Bertz CT molecular complexity index is 460. The number of nitro groups is 1. The van der Waals surface area contributed by atoms with Crippen LogP contribution in [-0.4, -0.2) is 38.5 Å². The van der Waals surface area contributed by atoms with Crippen LogP contribution in [0, 0.1) is 10.1 Å². The van der Waals surface area contributed by atoms with Crippen LogP contribution in [0.1, 0.15) is 13.8 Å². The molecule has 0 spiro atoms. The lowest BCUT2D eigenvalue weighted by atomic mass is 10.3. The summed E-state index contributed by atoms with van der Waals surface area (Å²) < 4.78 is 0. The molecule has 2 rings (SSSR count). The van der Waals surface area contributed by atoms with Crippen molar-refractivity contribution in [3.05, 3.63) is 16.4 Å². The van der Waals surface area contributed by atoms with Gasteiger partial charge in [-0.3, -0.25) is 10.1 Å². The lowest BCUT2D eigenvalue weighted by molar-refractivity contribution is -0.383. The summed E-state index contributed by atoms with van der Waals surface area (Å²) in [6, 6.07) is 0. The molecule has 1 aliphatic heterocycles. The molecule has 98 valence electrons. The monoisotopic (exact) mass is 269 g/mol. The smallest absolute Gasteiger partial charge is 0.353 e. The molecule has 1 aromatic heterocycles. The number of hydrogen-bond donors (Lipinski definition) is 1. The van der Waals surface area contributed by atoms with E-state index in [-0.39, 0.29) is 11.5 Å². The normalized spacial score (nSPS) is 24.0. The molecule has 0 saturated carbocycles. The third-order valence-electron chi connectivity index (χ3n) is 2.73. The lowest BCUT2D eigenvalue weighted by Gasteiger charge is -2.34. The predicted octanol–water partition coefficient (Wildman–Crippen LogP) is 1.30. The molecule has 7 nitrogen and oxygen atoms in total. The fourth-order valence-corrected chi connectivity index (χ4v) is 3.47. The van der Waals surface area contributed by atoms with Crippen LogP contribution in [0.2, 0.25) is 0 Å². The van der Waals surface area contributed by atoms with E-state index < -0.39 is 4.92 Å². The minimum atomic E-state index is -0.512. The van der Waals surface area contributed by atoms with Gasteiger partial charge in [0.05, 0.1) is 4.92 Å². The van der Waals surface area contributed by atoms with Gasteiger partial charge in [-0.1, -0.05) is 13.8 Å². The van der Waals surface area contributed by atoms with E-state index in [1.165, 1.54) is 6.33 Å². The molecule has 1 aliphatic rings. The second kappa shape index (κ2) is 4.97. The molecular weight excluding hydrogens is 254 g/mol. The summed E-state index contributed by atoms with van der Waals surface area (Å²) in [6.07, 6.45) is 1.27. The van der Waals surface area contributed by atoms with Gasteiger partial charge < -0.3 is 10.6 Å². The molecule has 0 bridgehead atoms. The van der Waals surface area contributed by atoms with Gasteiger partial charge in [-0.15, -0.1) is 0 Å². The zero-order valence-electron chi connectivity index (χ0n) is 10.2. The molecule has 0 aromatic carbocycles. The van der Waals surface area contributed by atoms with E-state index in [1.54, 1.807) is 0 Å². The first kappa shape index (κ1) is 12.9. The number of thioether (sulfide) groups is 1. The van der Waals surface area contributed by atoms with Crippen molar-refractivity contribution in [1.29, 1.82) is 0 Å². The van der Waals surface area contributed by atoms with E-state index in [9.17, 15) is 10.1 Å². The van der Waals surface area contributed by atoms with E-state index >= 15 is 0 Å². The zero-order chi connectivity index (χ0) is 13.3. The Hall–Kier alpha value is -1.57. The molecule has 2 unspecified atom stereocenters. The molecule has 1 aromatic rings. The first-order valence-corrected chi connectivity index (χ1v) is 6.58. The maximum Gasteiger partial charge on any atom is 0.353 e. The van der Waals surface area contributed by atoms with Crippen molar-refractivity contribution in [3.63, 3.8) is 0 Å². The fraction of sp³-hybridized carbons (Fsp3) is 0.600. The Morgan fingerprint density at radius 1 is 1.44 bits per heavy atom. The second-order valence-electron chi connectivity index (χ2n) is 4.35. The quantitative estimate of drug-likeness (QED) is 0.638. The fourth-order valence-electron chi connectivity index (χ4n) is 2.14. The predicted molar refractivity (Wildman–Crippen MR) is 71.8 cm³/mol. The molecular formula is C10H15N5O2S. The molecule has 0 amide bonds. The van der Waals surface area contributed by atoms with Gasteiger partial charge in [0, 0.05) is 23.6 Å². The first-order valence-electron chi connectivity index (χ1n) is 5.64. The van der Waals surface area contributed by atoms with E-state index in [4.69, 9.17) is 5.73 Å². The Morgan fingerprint density at radius 2 is 2.06 bits per heavy atom. The molecule has 2 heterocycles. The van der Waals surface area contributed by atoms with Gasteiger partial charge in [-0.25, -0.2) is 9.97 Å². The van der Waals surface area contributed by atoms with Gasteiger partial charge >= 0.3 is 5.69 Å². The Morgan fingerprint density at radius 3 is 2.61 bits per heavy atom. The summed E-state index contributed by atoms with van der Waals surface area (Å²) in [5.41, 5.74) is 5.38. The molecule has 0 radical (unpaired) electrons. The van der Waals surface area contributed by atoms with Crippen LogP contribution in [0.15, 0.2) is 6.33 Å². The SMILES string of the molecule is CC1CN(c2ncnc(N)c2[N+](=O)[O-])CC(C)S1. The minimum Gasteiger partial charge on any atom is -0.378 e. The van der Waals surface area contributed by atoms with Crippen molar-refractivity contribution in [3.8, 4) is 0 Å². The standard InChI is InChI=1S/C10H15N5O2S/c1-6-3-14(4-7(2)18-6)10-8(15(16)17)9(11)12-5-13-10/h5-7H,3-4H2,1-2H3,(H2,11,12,13). The Balaban J connectivity index is 2.38. The molecule has 1 saturated heterocycles. The number of anilines is 2. The highest BCUT2D eigenvalue weighted by molar-refractivity contribution is 8.00. The van der Waals surface area contributed by atoms with E-state index in [0.29, 0.717) is 16.3 Å². The number of rotatable bonds is 2. The van der Waals surface area contributed by atoms with Crippen LogP contribution in [0.5, 0.6) is 0 Å². The molecule has 2 atom stereocenters. The maximum absolute atomic E-state index is 11.1.